The van der Waals surface area contributed by atoms with Gasteiger partial charge >= 0.3 is 0 Å². The summed E-state index contributed by atoms with van der Waals surface area (Å²) < 4.78 is 2.48. The van der Waals surface area contributed by atoms with E-state index in [2.05, 4.69) is 21.0 Å². The molecule has 2 aromatic carbocycles. The van der Waals surface area contributed by atoms with Gasteiger partial charge in [0.15, 0.2) is 0 Å². The van der Waals surface area contributed by atoms with E-state index in [1.54, 1.807) is 0 Å². The second-order valence-corrected chi connectivity index (χ2v) is 9.02. The maximum absolute atomic E-state index is 12.2. The number of aliphatic hydroxyl groups is 1. The molecule has 162 valence electrons. The molecule has 1 amide bonds. The first-order valence-electron chi connectivity index (χ1n) is 10.1. The highest BCUT2D eigenvalue weighted by atomic mass is 79.9. The van der Waals surface area contributed by atoms with Crippen LogP contribution in [0.15, 0.2) is 59.1 Å². The van der Waals surface area contributed by atoms with Crippen molar-refractivity contribution < 1.29 is 9.90 Å². The summed E-state index contributed by atoms with van der Waals surface area (Å²) >= 11 is 3.57. The number of hydrogen-bond donors (Lipinski definition) is 4. The van der Waals surface area contributed by atoms with E-state index in [4.69, 9.17) is 22.2 Å². The first-order chi connectivity index (χ1) is 15.2. The molecule has 5 rings (SSSR count). The van der Waals surface area contributed by atoms with Crippen LogP contribution in [0.3, 0.4) is 0 Å². The molecule has 1 aliphatic rings. The predicted octanol–water partition coefficient (Wildman–Crippen LogP) is 3.19. The highest BCUT2D eigenvalue weighted by Crippen LogP contribution is 2.41. The van der Waals surface area contributed by atoms with Crippen molar-refractivity contribution in [3.05, 3.63) is 64.6 Å². The van der Waals surface area contributed by atoms with Crippen LogP contribution in [-0.4, -0.2) is 31.5 Å². The van der Waals surface area contributed by atoms with Crippen LogP contribution in [0.25, 0.3) is 33.4 Å². The van der Waals surface area contributed by atoms with Crippen LogP contribution in [0.1, 0.15) is 29.2 Å². The zero-order valence-electron chi connectivity index (χ0n) is 17.0. The molecule has 8 nitrogen and oxygen atoms in total. The zero-order valence-corrected chi connectivity index (χ0v) is 18.6. The van der Waals surface area contributed by atoms with Gasteiger partial charge in [-0.2, -0.15) is 5.10 Å². The molecule has 9 heteroatoms. The van der Waals surface area contributed by atoms with E-state index in [1.165, 1.54) is 4.68 Å². The van der Waals surface area contributed by atoms with Crippen LogP contribution in [-0.2, 0) is 0 Å². The molecule has 32 heavy (non-hydrogen) atoms. The van der Waals surface area contributed by atoms with Crippen LogP contribution >= 0.6 is 15.9 Å². The van der Waals surface area contributed by atoms with Crippen LogP contribution in [0, 0.1) is 0 Å². The monoisotopic (exact) mass is 492 g/mol. The van der Waals surface area contributed by atoms with E-state index in [0.29, 0.717) is 24.1 Å². The van der Waals surface area contributed by atoms with E-state index < -0.39 is 11.6 Å². The van der Waals surface area contributed by atoms with Gasteiger partial charge in [0.25, 0.3) is 5.91 Å². The van der Waals surface area contributed by atoms with Gasteiger partial charge in [0.2, 0.25) is 0 Å². The summed E-state index contributed by atoms with van der Waals surface area (Å²) in [4.78, 5) is 17.0. The summed E-state index contributed by atoms with van der Waals surface area (Å²) in [7, 11) is 0. The van der Waals surface area contributed by atoms with Gasteiger partial charge in [0.1, 0.15) is 22.8 Å². The summed E-state index contributed by atoms with van der Waals surface area (Å²) in [5.74, 6) is -0.496. The molecule has 0 aliphatic heterocycles. The zero-order chi connectivity index (χ0) is 22.6. The molecule has 2 heterocycles. The number of benzene rings is 2. The molecule has 4 aromatic rings. The maximum Gasteiger partial charge on any atom is 0.254 e. The van der Waals surface area contributed by atoms with Gasteiger partial charge in [0.05, 0.1) is 17.3 Å². The Labute approximate surface area is 192 Å². The number of carbonyl (C=O) groups is 1. The molecule has 0 spiro atoms. The number of primary amides is 1. The van der Waals surface area contributed by atoms with Crippen LogP contribution < -0.4 is 17.2 Å². The number of carbonyl (C=O) groups excluding carboxylic acids is 1. The third kappa shape index (κ3) is 3.44. The predicted molar refractivity (Wildman–Crippen MR) is 126 cm³/mol. The largest absolute Gasteiger partial charge is 0.383 e. The average Bonchev–Trinajstić information content (AvgIpc) is 3.08. The highest BCUT2D eigenvalue weighted by molar-refractivity contribution is 9.10. The van der Waals surface area contributed by atoms with Crippen LogP contribution in [0.5, 0.6) is 0 Å². The van der Waals surface area contributed by atoms with Crippen molar-refractivity contribution in [2.24, 2.45) is 11.5 Å². The first-order valence-corrected chi connectivity index (χ1v) is 10.9. The van der Waals surface area contributed by atoms with E-state index >= 15 is 0 Å². The normalized spacial score (nSPS) is 20.3. The summed E-state index contributed by atoms with van der Waals surface area (Å²) in [5, 5.41) is 15.4. The third-order valence-corrected chi connectivity index (χ3v) is 6.52. The summed E-state index contributed by atoms with van der Waals surface area (Å²) in [5.41, 5.74) is 20.1. The number of amides is 1. The molecule has 0 bridgehead atoms. The fourth-order valence-electron chi connectivity index (χ4n) is 4.18. The summed E-state index contributed by atoms with van der Waals surface area (Å²) in [6.07, 6.45) is 0.593. The molecule has 7 N–H and O–H groups in total. The Bertz CT molecular complexity index is 1370. The fraction of sp³-hybridized carbons (Fsp3) is 0.174. The maximum atomic E-state index is 12.2. The Morgan fingerprint density at radius 3 is 2.56 bits per heavy atom. The minimum Gasteiger partial charge on any atom is -0.383 e. The lowest BCUT2D eigenvalue weighted by atomic mass is 9.83. The lowest BCUT2D eigenvalue weighted by molar-refractivity contribution is -0.0643. The SMILES string of the molecule is NC(=O)c1c(-c2ccc3ccc(-c4ccccc4Br)nc3c2)nn([C@H]2C[C@@](N)(O)C2)c1N. The number of nitrogens with two attached hydrogens (primary N) is 3. The number of anilines is 1. The third-order valence-electron chi connectivity index (χ3n) is 5.83. The lowest BCUT2D eigenvalue weighted by Crippen LogP contribution is -2.52. The first kappa shape index (κ1) is 20.6. The van der Waals surface area contributed by atoms with Crippen molar-refractivity contribution in [2.75, 3.05) is 5.73 Å². The van der Waals surface area contributed by atoms with Gasteiger partial charge in [-0.3, -0.25) is 4.79 Å². The van der Waals surface area contributed by atoms with Crippen molar-refractivity contribution >= 4 is 38.6 Å². The average molecular weight is 493 g/mol. The minimum absolute atomic E-state index is 0.152. The molecule has 2 aromatic heterocycles. The van der Waals surface area contributed by atoms with E-state index in [9.17, 15) is 9.90 Å². The quantitative estimate of drug-likeness (QED) is 0.321. The Morgan fingerprint density at radius 2 is 1.88 bits per heavy atom. The number of nitrogen functional groups attached to an aromatic ring is 1. The molecule has 1 fully saturated rings. The number of pyridine rings is 1. The molecular formula is C23H21BrN6O2. The summed E-state index contributed by atoms with van der Waals surface area (Å²) in [6.45, 7) is 0. The van der Waals surface area contributed by atoms with Crippen molar-refractivity contribution in [3.8, 4) is 22.5 Å². The minimum atomic E-state index is -1.24. The van der Waals surface area contributed by atoms with Crippen molar-refractivity contribution in [1.29, 1.82) is 0 Å². The Balaban J connectivity index is 1.61. The number of fused-ring (bicyclic) bond motifs is 1. The Morgan fingerprint density at radius 1 is 1.16 bits per heavy atom. The van der Waals surface area contributed by atoms with Crippen molar-refractivity contribution in [2.45, 2.75) is 24.6 Å². The fourth-order valence-corrected chi connectivity index (χ4v) is 4.67. The van der Waals surface area contributed by atoms with Gasteiger partial charge in [0, 0.05) is 33.8 Å². The van der Waals surface area contributed by atoms with E-state index in [-0.39, 0.29) is 17.4 Å². The molecule has 1 aliphatic carbocycles. The highest BCUT2D eigenvalue weighted by Gasteiger charge is 2.42. The van der Waals surface area contributed by atoms with E-state index in [1.807, 2.05) is 54.6 Å². The van der Waals surface area contributed by atoms with Crippen LogP contribution in [0.2, 0.25) is 0 Å². The second kappa shape index (κ2) is 7.40. The smallest absolute Gasteiger partial charge is 0.254 e. The standard InChI is InChI=1S/C23H21BrN6O2/c24-16-4-2-1-3-15(16)17-8-7-12-5-6-13(9-18(12)28-17)20-19(22(26)31)21(25)30(29-20)14-10-23(27,32)11-14/h1-9,14,32H,10-11,25,27H2,(H2,26,31)/t14-,23+. The molecule has 0 radical (unpaired) electrons. The van der Waals surface area contributed by atoms with Crippen molar-refractivity contribution in [1.82, 2.24) is 14.8 Å². The number of hydrogen-bond acceptors (Lipinski definition) is 6. The molecule has 0 atom stereocenters. The van der Waals surface area contributed by atoms with Crippen LogP contribution in [0.4, 0.5) is 5.82 Å². The number of aromatic nitrogens is 3. The Kier molecular flexibility index (Phi) is 4.77. The second-order valence-electron chi connectivity index (χ2n) is 8.17. The molecular weight excluding hydrogens is 472 g/mol. The van der Waals surface area contributed by atoms with Gasteiger partial charge < -0.3 is 22.3 Å². The topological polar surface area (TPSA) is 146 Å². The van der Waals surface area contributed by atoms with Gasteiger partial charge in [-0.15, -0.1) is 0 Å². The lowest BCUT2D eigenvalue weighted by Gasteiger charge is -2.40. The van der Waals surface area contributed by atoms with E-state index in [0.717, 1.165) is 26.6 Å². The molecule has 1 saturated carbocycles. The molecule has 0 unspecified atom stereocenters. The number of nitrogens with zero attached hydrogens (tertiary/aromatic N) is 3. The van der Waals surface area contributed by atoms with Crippen molar-refractivity contribution in [3.63, 3.8) is 0 Å². The van der Waals surface area contributed by atoms with Gasteiger partial charge in [-0.1, -0.05) is 52.3 Å². The Hall–Kier alpha value is -3.27. The molecule has 0 saturated heterocycles. The van der Waals surface area contributed by atoms with Gasteiger partial charge in [-0.25, -0.2) is 9.67 Å². The number of rotatable bonds is 4. The van der Waals surface area contributed by atoms with Gasteiger partial charge in [-0.05, 0) is 18.2 Å². The number of halogens is 1. The summed E-state index contributed by atoms with van der Waals surface area (Å²) in [6, 6.07) is 17.3.